The van der Waals surface area contributed by atoms with E-state index in [0.717, 1.165) is 38.9 Å². The largest absolute Gasteiger partial charge is 0.373 e. The zero-order valence-electron chi connectivity index (χ0n) is 14.7. The molecule has 0 unspecified atom stereocenters. The van der Waals surface area contributed by atoms with Crippen molar-refractivity contribution < 1.29 is 9.53 Å². The molecule has 22 heavy (non-hydrogen) atoms. The lowest BCUT2D eigenvalue weighted by Crippen LogP contribution is -2.47. The van der Waals surface area contributed by atoms with Crippen molar-refractivity contribution in [2.45, 2.75) is 90.3 Å². The molecule has 0 aromatic heterocycles. The highest BCUT2D eigenvalue weighted by atomic mass is 16.5. The van der Waals surface area contributed by atoms with Crippen LogP contribution >= 0.6 is 0 Å². The van der Waals surface area contributed by atoms with Crippen LogP contribution in [0.15, 0.2) is 0 Å². The highest BCUT2D eigenvalue weighted by molar-refractivity contribution is 5.81. The second-order valence-corrected chi connectivity index (χ2v) is 7.51. The number of rotatable bonds is 2. The summed E-state index contributed by atoms with van der Waals surface area (Å²) in [6.45, 7) is 7.20. The second-order valence-electron chi connectivity index (χ2n) is 7.51. The Morgan fingerprint density at radius 2 is 1.45 bits per heavy atom. The molecule has 1 aliphatic heterocycles. The Bertz CT molecular complexity index is 321. The molecule has 2 aliphatic rings. The predicted octanol–water partition coefficient (Wildman–Crippen LogP) is 4.20. The molecule has 0 amide bonds. The quantitative estimate of drug-likeness (QED) is 0.766. The van der Waals surface area contributed by atoms with Gasteiger partial charge in [0, 0.05) is 32.0 Å². The summed E-state index contributed by atoms with van der Waals surface area (Å²) in [4.78, 5) is 15.1. The van der Waals surface area contributed by atoms with Crippen LogP contribution in [0.3, 0.4) is 0 Å². The molecular weight excluding hydrogens is 274 g/mol. The van der Waals surface area contributed by atoms with Crippen molar-refractivity contribution in [1.29, 1.82) is 0 Å². The number of carbonyl (C=O) groups is 1. The normalized spacial score (nSPS) is 33.9. The van der Waals surface area contributed by atoms with Gasteiger partial charge in [-0.1, -0.05) is 44.9 Å². The minimum absolute atomic E-state index is 0.261. The molecule has 2 rings (SSSR count). The molecule has 1 saturated heterocycles. The number of nitrogens with zero attached hydrogens (tertiary/aromatic N) is 1. The van der Waals surface area contributed by atoms with Crippen LogP contribution in [-0.4, -0.2) is 42.5 Å². The Morgan fingerprint density at radius 1 is 0.909 bits per heavy atom. The highest BCUT2D eigenvalue weighted by Crippen LogP contribution is 2.21. The second kappa shape index (κ2) is 9.67. The lowest BCUT2D eigenvalue weighted by molar-refractivity contribution is -0.125. The summed E-state index contributed by atoms with van der Waals surface area (Å²) in [7, 11) is 0. The lowest BCUT2D eigenvalue weighted by atomic mass is 9.91. The van der Waals surface area contributed by atoms with E-state index >= 15 is 0 Å². The third-order valence-electron chi connectivity index (χ3n) is 5.15. The van der Waals surface area contributed by atoms with Gasteiger partial charge in [-0.15, -0.1) is 0 Å². The summed E-state index contributed by atoms with van der Waals surface area (Å²) < 4.78 is 5.82. The Labute approximate surface area is 136 Å². The molecule has 0 aromatic carbocycles. The fourth-order valence-electron chi connectivity index (χ4n) is 4.05. The van der Waals surface area contributed by atoms with E-state index in [9.17, 15) is 4.79 Å². The number of morpholine rings is 1. The van der Waals surface area contributed by atoms with Gasteiger partial charge in [0.05, 0.1) is 12.2 Å². The first-order valence-electron chi connectivity index (χ1n) is 9.55. The van der Waals surface area contributed by atoms with E-state index in [1.807, 2.05) is 0 Å². The smallest absolute Gasteiger partial charge is 0.137 e. The van der Waals surface area contributed by atoms with Crippen molar-refractivity contribution in [2.24, 2.45) is 5.92 Å². The molecule has 3 atom stereocenters. The monoisotopic (exact) mass is 309 g/mol. The van der Waals surface area contributed by atoms with Gasteiger partial charge in [-0.2, -0.15) is 0 Å². The zero-order chi connectivity index (χ0) is 15.8. The predicted molar refractivity (Wildman–Crippen MR) is 91.1 cm³/mol. The maximum absolute atomic E-state index is 12.6. The van der Waals surface area contributed by atoms with E-state index in [4.69, 9.17) is 4.74 Å². The summed E-state index contributed by atoms with van der Waals surface area (Å²) in [6, 6.07) is 0. The van der Waals surface area contributed by atoms with Gasteiger partial charge in [-0.05, 0) is 26.7 Å². The van der Waals surface area contributed by atoms with Gasteiger partial charge >= 0.3 is 0 Å². The fraction of sp³-hybridized carbons (Fsp3) is 0.947. The summed E-state index contributed by atoms with van der Waals surface area (Å²) in [5.74, 6) is 0.782. The molecule has 1 aliphatic carbocycles. The molecule has 1 heterocycles. The Hall–Kier alpha value is -0.410. The molecule has 3 heteroatoms. The van der Waals surface area contributed by atoms with Crippen LogP contribution in [0.4, 0.5) is 0 Å². The van der Waals surface area contributed by atoms with E-state index in [1.165, 1.54) is 44.9 Å². The number of hydrogen-bond donors (Lipinski definition) is 0. The molecule has 0 spiro atoms. The molecule has 2 fully saturated rings. The molecule has 0 radical (unpaired) electrons. The van der Waals surface area contributed by atoms with Gasteiger partial charge in [0.25, 0.3) is 0 Å². The first kappa shape index (κ1) is 17.9. The van der Waals surface area contributed by atoms with Crippen LogP contribution in [0.5, 0.6) is 0 Å². The van der Waals surface area contributed by atoms with E-state index in [2.05, 4.69) is 18.7 Å². The van der Waals surface area contributed by atoms with Crippen LogP contribution in [0.25, 0.3) is 0 Å². The summed E-state index contributed by atoms with van der Waals surface area (Å²) in [5.41, 5.74) is 0. The van der Waals surface area contributed by atoms with E-state index < -0.39 is 0 Å². The third kappa shape index (κ3) is 6.37. The van der Waals surface area contributed by atoms with Gasteiger partial charge in [-0.3, -0.25) is 9.69 Å². The fourth-order valence-corrected chi connectivity index (χ4v) is 4.05. The van der Waals surface area contributed by atoms with Crippen LogP contribution in [0.2, 0.25) is 0 Å². The topological polar surface area (TPSA) is 29.5 Å². The van der Waals surface area contributed by atoms with Gasteiger partial charge < -0.3 is 4.74 Å². The first-order chi connectivity index (χ1) is 10.6. The van der Waals surface area contributed by atoms with Crippen molar-refractivity contribution >= 4 is 5.78 Å². The van der Waals surface area contributed by atoms with E-state index in [1.54, 1.807) is 0 Å². The SMILES string of the molecule is C[C@@H]1CN(C[C@@H]2CCCCCCCCCCC2=O)C[C@H](C)O1. The number of ether oxygens (including phenoxy) is 1. The Morgan fingerprint density at radius 3 is 2.09 bits per heavy atom. The molecule has 1 saturated carbocycles. The van der Waals surface area contributed by atoms with Gasteiger partial charge in [0.15, 0.2) is 0 Å². The van der Waals surface area contributed by atoms with Crippen molar-refractivity contribution in [3.8, 4) is 0 Å². The maximum Gasteiger partial charge on any atom is 0.137 e. The molecule has 3 nitrogen and oxygen atoms in total. The summed E-state index contributed by atoms with van der Waals surface area (Å²) >= 11 is 0. The van der Waals surface area contributed by atoms with Gasteiger partial charge in [-0.25, -0.2) is 0 Å². The molecule has 0 N–H and O–H groups in total. The van der Waals surface area contributed by atoms with Crippen molar-refractivity contribution in [2.75, 3.05) is 19.6 Å². The van der Waals surface area contributed by atoms with Crippen molar-refractivity contribution in [3.05, 3.63) is 0 Å². The van der Waals surface area contributed by atoms with Crippen LogP contribution < -0.4 is 0 Å². The Balaban J connectivity index is 1.87. The van der Waals surface area contributed by atoms with Crippen LogP contribution in [0, 0.1) is 5.92 Å². The van der Waals surface area contributed by atoms with Crippen LogP contribution in [0.1, 0.15) is 78.1 Å². The third-order valence-corrected chi connectivity index (χ3v) is 5.15. The number of carbonyl (C=O) groups excluding carboxylic acids is 1. The molecule has 0 aromatic rings. The summed E-state index contributed by atoms with van der Waals surface area (Å²) in [6.07, 6.45) is 12.8. The minimum atomic E-state index is 0.261. The summed E-state index contributed by atoms with van der Waals surface area (Å²) in [5, 5.41) is 0. The van der Waals surface area contributed by atoms with Crippen LogP contribution in [-0.2, 0) is 9.53 Å². The first-order valence-corrected chi connectivity index (χ1v) is 9.55. The number of hydrogen-bond acceptors (Lipinski definition) is 3. The lowest BCUT2D eigenvalue weighted by Gasteiger charge is -2.37. The zero-order valence-corrected chi connectivity index (χ0v) is 14.7. The average Bonchev–Trinajstić information content (AvgIpc) is 2.45. The number of ketones is 1. The molecule has 0 bridgehead atoms. The van der Waals surface area contributed by atoms with Crippen molar-refractivity contribution in [1.82, 2.24) is 4.90 Å². The minimum Gasteiger partial charge on any atom is -0.373 e. The molecular formula is C19H35NO2. The van der Waals surface area contributed by atoms with E-state index in [0.29, 0.717) is 18.0 Å². The van der Waals surface area contributed by atoms with E-state index in [-0.39, 0.29) is 5.92 Å². The maximum atomic E-state index is 12.6. The standard InChI is InChI=1S/C19H35NO2/c1-16-13-20(14-17(2)22-16)15-18-11-9-7-5-3-4-6-8-10-12-19(18)21/h16-18H,3-15H2,1-2H3/t16-,17+,18-/m0/s1. The molecule has 128 valence electrons. The van der Waals surface area contributed by atoms with Gasteiger partial charge in [0.1, 0.15) is 5.78 Å². The highest BCUT2D eigenvalue weighted by Gasteiger charge is 2.27. The number of Topliss-reactive ketones (excluding diaryl/α,β-unsaturated/α-hetero) is 1. The van der Waals surface area contributed by atoms with Crippen molar-refractivity contribution in [3.63, 3.8) is 0 Å². The van der Waals surface area contributed by atoms with Gasteiger partial charge in [0.2, 0.25) is 0 Å². The average molecular weight is 309 g/mol. The Kier molecular flexibility index (Phi) is 7.88.